The number of aliphatic carboxylic acids is 1. The number of rotatable bonds is 4. The Morgan fingerprint density at radius 1 is 1.16 bits per heavy atom. The van der Waals surface area contributed by atoms with Gasteiger partial charge in [0.25, 0.3) is 0 Å². The molecular formula is C17H24O2. The van der Waals surface area contributed by atoms with Gasteiger partial charge in [0, 0.05) is 0 Å². The van der Waals surface area contributed by atoms with Gasteiger partial charge in [-0.2, -0.15) is 0 Å². The summed E-state index contributed by atoms with van der Waals surface area (Å²) in [5.74, 6) is 0.999. The van der Waals surface area contributed by atoms with Crippen molar-refractivity contribution in [1.29, 1.82) is 0 Å². The largest absolute Gasteiger partial charge is 0.481 e. The Labute approximate surface area is 115 Å². The van der Waals surface area contributed by atoms with E-state index < -0.39 is 5.97 Å². The van der Waals surface area contributed by atoms with Crippen LogP contribution in [0.1, 0.15) is 51.0 Å². The van der Waals surface area contributed by atoms with Crippen molar-refractivity contribution in [2.45, 2.75) is 45.4 Å². The summed E-state index contributed by atoms with van der Waals surface area (Å²) in [7, 11) is 0. The minimum Gasteiger partial charge on any atom is -0.481 e. The molecule has 104 valence electrons. The lowest BCUT2D eigenvalue weighted by Gasteiger charge is -2.32. The maximum Gasteiger partial charge on any atom is 0.310 e. The Morgan fingerprint density at radius 3 is 2.26 bits per heavy atom. The van der Waals surface area contributed by atoms with Crippen molar-refractivity contribution < 1.29 is 9.90 Å². The predicted molar refractivity (Wildman–Crippen MR) is 77.1 cm³/mol. The number of carboxylic acid groups (broad SMARTS) is 1. The molecule has 1 aromatic carbocycles. The second-order valence-corrected chi connectivity index (χ2v) is 6.32. The van der Waals surface area contributed by atoms with Gasteiger partial charge >= 0.3 is 5.97 Å². The van der Waals surface area contributed by atoms with Crippen LogP contribution in [0.4, 0.5) is 0 Å². The van der Waals surface area contributed by atoms with Crippen LogP contribution < -0.4 is 0 Å². The predicted octanol–water partition coefficient (Wildman–Crippen LogP) is 4.32. The van der Waals surface area contributed by atoms with Crippen molar-refractivity contribution in [3.8, 4) is 0 Å². The molecule has 0 radical (unpaired) electrons. The van der Waals surface area contributed by atoms with Crippen LogP contribution in [0.25, 0.3) is 0 Å². The van der Waals surface area contributed by atoms with Gasteiger partial charge in [0.2, 0.25) is 0 Å². The number of carbonyl (C=O) groups is 1. The van der Waals surface area contributed by atoms with E-state index in [-0.39, 0.29) is 5.92 Å². The molecular weight excluding hydrogens is 236 g/mol. The molecule has 0 aromatic heterocycles. The number of hydrogen-bond acceptors (Lipinski definition) is 1. The summed E-state index contributed by atoms with van der Waals surface area (Å²) in [6.45, 7) is 4.59. The van der Waals surface area contributed by atoms with Crippen LogP contribution in [0.2, 0.25) is 0 Å². The third-order valence-corrected chi connectivity index (χ3v) is 4.35. The lowest BCUT2D eigenvalue weighted by atomic mass is 9.73. The van der Waals surface area contributed by atoms with Crippen molar-refractivity contribution in [1.82, 2.24) is 0 Å². The maximum absolute atomic E-state index is 11.5. The molecule has 2 heteroatoms. The van der Waals surface area contributed by atoms with Crippen molar-refractivity contribution >= 4 is 5.97 Å². The van der Waals surface area contributed by atoms with Crippen LogP contribution in [0.15, 0.2) is 30.3 Å². The molecule has 0 saturated heterocycles. The SMILES string of the molecule is CC1CC(C)CC(CC(C(=O)O)c2ccccc2)C1. The highest BCUT2D eigenvalue weighted by Crippen LogP contribution is 2.38. The standard InChI is InChI=1S/C17H24O2/c1-12-8-13(2)10-14(9-12)11-16(17(18)19)15-6-4-3-5-7-15/h3-7,12-14,16H,8-11H2,1-2H3,(H,18,19). The van der Waals surface area contributed by atoms with E-state index in [1.807, 2.05) is 30.3 Å². The first kappa shape index (κ1) is 14.1. The van der Waals surface area contributed by atoms with Crippen LogP contribution in [0, 0.1) is 17.8 Å². The zero-order chi connectivity index (χ0) is 13.8. The smallest absolute Gasteiger partial charge is 0.310 e. The summed E-state index contributed by atoms with van der Waals surface area (Å²) in [6.07, 6.45) is 4.44. The molecule has 2 nitrogen and oxygen atoms in total. The quantitative estimate of drug-likeness (QED) is 0.875. The van der Waals surface area contributed by atoms with Gasteiger partial charge in [-0.05, 0) is 49.0 Å². The Kier molecular flexibility index (Phi) is 4.62. The Balaban J connectivity index is 2.07. The highest BCUT2D eigenvalue weighted by atomic mass is 16.4. The monoisotopic (exact) mass is 260 g/mol. The minimum atomic E-state index is -0.683. The van der Waals surface area contributed by atoms with E-state index >= 15 is 0 Å². The van der Waals surface area contributed by atoms with Crippen molar-refractivity contribution in [2.75, 3.05) is 0 Å². The van der Waals surface area contributed by atoms with Crippen LogP contribution in [-0.4, -0.2) is 11.1 Å². The van der Waals surface area contributed by atoms with E-state index in [1.54, 1.807) is 0 Å². The zero-order valence-electron chi connectivity index (χ0n) is 11.9. The van der Waals surface area contributed by atoms with Gasteiger partial charge in [-0.3, -0.25) is 4.79 Å². The van der Waals surface area contributed by atoms with Gasteiger partial charge in [-0.15, -0.1) is 0 Å². The fourth-order valence-electron chi connectivity index (χ4n) is 3.70. The molecule has 19 heavy (non-hydrogen) atoms. The highest BCUT2D eigenvalue weighted by Gasteiger charge is 2.29. The first-order chi connectivity index (χ1) is 9.06. The summed E-state index contributed by atoms with van der Waals surface area (Å²) in [5, 5.41) is 9.49. The fourth-order valence-corrected chi connectivity index (χ4v) is 3.70. The number of carboxylic acids is 1. The summed E-state index contributed by atoms with van der Waals surface area (Å²) in [5.41, 5.74) is 0.945. The lowest BCUT2D eigenvalue weighted by molar-refractivity contribution is -0.139. The van der Waals surface area contributed by atoms with Crippen LogP contribution >= 0.6 is 0 Å². The number of hydrogen-bond donors (Lipinski definition) is 1. The van der Waals surface area contributed by atoms with Gasteiger partial charge in [0.15, 0.2) is 0 Å². The second-order valence-electron chi connectivity index (χ2n) is 6.32. The van der Waals surface area contributed by atoms with E-state index in [0.29, 0.717) is 5.92 Å². The molecule has 1 saturated carbocycles. The fraction of sp³-hybridized carbons (Fsp3) is 0.588. The lowest BCUT2D eigenvalue weighted by Crippen LogP contribution is -2.23. The van der Waals surface area contributed by atoms with E-state index in [1.165, 1.54) is 19.3 Å². The molecule has 2 rings (SSSR count). The molecule has 3 atom stereocenters. The van der Waals surface area contributed by atoms with Crippen LogP contribution in [0.5, 0.6) is 0 Å². The highest BCUT2D eigenvalue weighted by molar-refractivity contribution is 5.76. The summed E-state index contributed by atoms with van der Waals surface area (Å²) >= 11 is 0. The molecule has 0 amide bonds. The molecule has 0 heterocycles. The average Bonchev–Trinajstić information content (AvgIpc) is 2.35. The Bertz CT molecular complexity index is 403. The van der Waals surface area contributed by atoms with Crippen molar-refractivity contribution in [3.05, 3.63) is 35.9 Å². The second kappa shape index (κ2) is 6.23. The molecule has 0 spiro atoms. The van der Waals surface area contributed by atoms with Gasteiger partial charge in [-0.25, -0.2) is 0 Å². The Morgan fingerprint density at radius 2 is 1.74 bits per heavy atom. The molecule has 3 unspecified atom stereocenters. The van der Waals surface area contributed by atoms with Crippen LogP contribution in [-0.2, 0) is 4.79 Å². The summed E-state index contributed by atoms with van der Waals surface area (Å²) in [6, 6.07) is 9.67. The summed E-state index contributed by atoms with van der Waals surface area (Å²) < 4.78 is 0. The van der Waals surface area contributed by atoms with Crippen LogP contribution in [0.3, 0.4) is 0 Å². The maximum atomic E-state index is 11.5. The molecule has 1 aliphatic carbocycles. The zero-order valence-corrected chi connectivity index (χ0v) is 11.9. The third kappa shape index (κ3) is 3.82. The summed E-state index contributed by atoms with van der Waals surface area (Å²) in [4.78, 5) is 11.5. The topological polar surface area (TPSA) is 37.3 Å². The first-order valence-electron chi connectivity index (χ1n) is 7.34. The molecule has 0 bridgehead atoms. The number of benzene rings is 1. The van der Waals surface area contributed by atoms with E-state index in [0.717, 1.165) is 23.8 Å². The Hall–Kier alpha value is -1.31. The first-order valence-corrected chi connectivity index (χ1v) is 7.34. The van der Waals surface area contributed by atoms with E-state index in [4.69, 9.17) is 0 Å². The van der Waals surface area contributed by atoms with E-state index in [9.17, 15) is 9.90 Å². The molecule has 1 aliphatic rings. The normalized spacial score (nSPS) is 28.8. The van der Waals surface area contributed by atoms with Gasteiger partial charge in [0.05, 0.1) is 5.92 Å². The molecule has 1 aromatic rings. The molecule has 0 aliphatic heterocycles. The minimum absolute atomic E-state index is 0.344. The van der Waals surface area contributed by atoms with Gasteiger partial charge < -0.3 is 5.11 Å². The third-order valence-electron chi connectivity index (χ3n) is 4.35. The van der Waals surface area contributed by atoms with Crippen molar-refractivity contribution in [3.63, 3.8) is 0 Å². The van der Waals surface area contributed by atoms with Gasteiger partial charge in [0.1, 0.15) is 0 Å². The average molecular weight is 260 g/mol. The molecule has 1 N–H and O–H groups in total. The molecule has 1 fully saturated rings. The van der Waals surface area contributed by atoms with E-state index in [2.05, 4.69) is 13.8 Å². The van der Waals surface area contributed by atoms with Gasteiger partial charge in [-0.1, -0.05) is 44.2 Å². The van der Waals surface area contributed by atoms with Crippen molar-refractivity contribution in [2.24, 2.45) is 17.8 Å².